The Bertz CT molecular complexity index is 450. The summed E-state index contributed by atoms with van der Waals surface area (Å²) in [6.07, 6.45) is 0.632. The average molecular weight is 260 g/mol. The Hall–Kier alpha value is -1.53. The molecule has 3 heteroatoms. The average Bonchev–Trinajstić information content (AvgIpc) is 2.31. The van der Waals surface area contributed by atoms with Gasteiger partial charge in [-0.3, -0.25) is 5.32 Å². The Balaban J connectivity index is 2.67. The van der Waals surface area contributed by atoms with Gasteiger partial charge in [0.25, 0.3) is 0 Å². The Morgan fingerprint density at radius 1 is 1.32 bits per heavy atom. The highest BCUT2D eigenvalue weighted by molar-refractivity contribution is 5.32. The summed E-state index contributed by atoms with van der Waals surface area (Å²) in [7, 11) is 0. The Kier molecular flexibility index (Phi) is 5.38. The number of hydrogen-bond acceptors (Lipinski definition) is 3. The molecule has 1 N–H and O–H groups in total. The third-order valence-corrected chi connectivity index (χ3v) is 2.97. The van der Waals surface area contributed by atoms with Gasteiger partial charge in [0, 0.05) is 12.5 Å². The van der Waals surface area contributed by atoms with E-state index in [9.17, 15) is 5.26 Å². The van der Waals surface area contributed by atoms with E-state index >= 15 is 0 Å². The highest BCUT2D eigenvalue weighted by Crippen LogP contribution is 2.21. The van der Waals surface area contributed by atoms with Crippen molar-refractivity contribution in [3.63, 3.8) is 0 Å². The van der Waals surface area contributed by atoms with Gasteiger partial charge in [-0.2, -0.15) is 5.26 Å². The fourth-order valence-corrected chi connectivity index (χ4v) is 2.30. The SMILES string of the molecule is Cc1ccccc1OC(C)CC(C)(C#N)NC(C)C. The number of rotatable bonds is 6. The second kappa shape index (κ2) is 6.58. The minimum atomic E-state index is -0.559. The summed E-state index contributed by atoms with van der Waals surface area (Å²) in [5.41, 5.74) is 0.556. The smallest absolute Gasteiger partial charge is 0.122 e. The first-order valence-electron chi connectivity index (χ1n) is 6.77. The number of hydrogen-bond donors (Lipinski definition) is 1. The quantitative estimate of drug-likeness (QED) is 0.852. The van der Waals surface area contributed by atoms with Crippen molar-refractivity contribution in [3.05, 3.63) is 29.8 Å². The van der Waals surface area contributed by atoms with Gasteiger partial charge in [-0.05, 0) is 46.2 Å². The lowest BCUT2D eigenvalue weighted by atomic mass is 9.95. The maximum atomic E-state index is 9.34. The normalized spacial score (nSPS) is 15.6. The molecular weight excluding hydrogens is 236 g/mol. The van der Waals surface area contributed by atoms with E-state index in [2.05, 4.69) is 11.4 Å². The molecule has 1 aromatic carbocycles. The Morgan fingerprint density at radius 2 is 1.95 bits per heavy atom. The summed E-state index contributed by atoms with van der Waals surface area (Å²) in [6.45, 7) is 10.0. The van der Waals surface area contributed by atoms with Crippen molar-refractivity contribution in [3.8, 4) is 11.8 Å². The molecule has 0 spiro atoms. The van der Waals surface area contributed by atoms with Crippen molar-refractivity contribution in [2.45, 2.75) is 58.7 Å². The molecule has 3 nitrogen and oxygen atoms in total. The van der Waals surface area contributed by atoms with Crippen molar-refractivity contribution in [1.82, 2.24) is 5.32 Å². The van der Waals surface area contributed by atoms with Crippen LogP contribution in [0.2, 0.25) is 0 Å². The summed E-state index contributed by atoms with van der Waals surface area (Å²) >= 11 is 0. The van der Waals surface area contributed by atoms with Gasteiger partial charge in [-0.25, -0.2) is 0 Å². The standard InChI is InChI=1S/C16H24N2O/c1-12(2)18-16(5,11-17)10-14(4)19-15-9-7-6-8-13(15)3/h6-9,12,14,18H,10H2,1-5H3. The first kappa shape index (κ1) is 15.5. The van der Waals surface area contributed by atoms with Crippen LogP contribution in [-0.2, 0) is 0 Å². The lowest BCUT2D eigenvalue weighted by molar-refractivity contribution is 0.175. The molecule has 0 aliphatic heterocycles. The van der Waals surface area contributed by atoms with Gasteiger partial charge in [0.15, 0.2) is 0 Å². The highest BCUT2D eigenvalue weighted by Gasteiger charge is 2.27. The number of benzene rings is 1. The first-order chi connectivity index (χ1) is 8.86. The minimum absolute atomic E-state index is 0.0167. The molecule has 0 aliphatic carbocycles. The molecule has 104 valence electrons. The van der Waals surface area contributed by atoms with Gasteiger partial charge in [0.2, 0.25) is 0 Å². The van der Waals surface area contributed by atoms with E-state index in [1.807, 2.05) is 58.9 Å². The number of aryl methyl sites for hydroxylation is 1. The molecule has 2 atom stereocenters. The monoisotopic (exact) mass is 260 g/mol. The van der Waals surface area contributed by atoms with E-state index in [0.29, 0.717) is 6.42 Å². The van der Waals surface area contributed by atoms with Gasteiger partial charge < -0.3 is 4.74 Å². The van der Waals surface area contributed by atoms with Crippen molar-refractivity contribution < 1.29 is 4.74 Å². The molecule has 0 aromatic heterocycles. The zero-order valence-corrected chi connectivity index (χ0v) is 12.5. The van der Waals surface area contributed by atoms with Crippen molar-refractivity contribution >= 4 is 0 Å². The molecule has 0 amide bonds. The van der Waals surface area contributed by atoms with Crippen molar-refractivity contribution in [2.75, 3.05) is 0 Å². The molecule has 1 aromatic rings. The van der Waals surface area contributed by atoms with Gasteiger partial charge >= 0.3 is 0 Å². The number of nitrogens with zero attached hydrogens (tertiary/aromatic N) is 1. The molecule has 0 saturated carbocycles. The first-order valence-corrected chi connectivity index (χ1v) is 6.77. The summed E-state index contributed by atoms with van der Waals surface area (Å²) in [5, 5.41) is 12.6. The van der Waals surface area contributed by atoms with E-state index in [1.165, 1.54) is 0 Å². The van der Waals surface area contributed by atoms with E-state index in [0.717, 1.165) is 11.3 Å². The fourth-order valence-electron chi connectivity index (χ4n) is 2.30. The highest BCUT2D eigenvalue weighted by atomic mass is 16.5. The number of nitriles is 1. The predicted molar refractivity (Wildman–Crippen MR) is 78.2 cm³/mol. The van der Waals surface area contributed by atoms with Crippen molar-refractivity contribution in [1.29, 1.82) is 5.26 Å². The van der Waals surface area contributed by atoms with Gasteiger partial charge in [-0.1, -0.05) is 18.2 Å². The van der Waals surface area contributed by atoms with Crippen LogP contribution in [0.15, 0.2) is 24.3 Å². The molecule has 0 radical (unpaired) electrons. The maximum Gasteiger partial charge on any atom is 0.122 e. The Labute approximate surface area is 116 Å². The van der Waals surface area contributed by atoms with Crippen LogP contribution in [-0.4, -0.2) is 17.7 Å². The van der Waals surface area contributed by atoms with Crippen molar-refractivity contribution in [2.24, 2.45) is 0 Å². The molecule has 0 aliphatic rings. The maximum absolute atomic E-state index is 9.34. The van der Waals surface area contributed by atoms with E-state index < -0.39 is 5.54 Å². The molecule has 0 saturated heterocycles. The van der Waals surface area contributed by atoms with E-state index in [1.54, 1.807) is 0 Å². The molecule has 0 fully saturated rings. The van der Waals surface area contributed by atoms with Gasteiger partial charge in [0.05, 0.1) is 12.2 Å². The lowest BCUT2D eigenvalue weighted by Crippen LogP contribution is -2.47. The molecular formula is C16H24N2O. The zero-order chi connectivity index (χ0) is 14.5. The zero-order valence-electron chi connectivity index (χ0n) is 12.5. The van der Waals surface area contributed by atoms with Crippen LogP contribution in [0.25, 0.3) is 0 Å². The number of nitrogens with one attached hydrogen (secondary N) is 1. The van der Waals surface area contributed by atoms with Crippen LogP contribution in [0.3, 0.4) is 0 Å². The van der Waals surface area contributed by atoms with Gasteiger partial charge in [-0.15, -0.1) is 0 Å². The topological polar surface area (TPSA) is 45.0 Å². The lowest BCUT2D eigenvalue weighted by Gasteiger charge is -2.29. The van der Waals surface area contributed by atoms with E-state index in [-0.39, 0.29) is 12.1 Å². The fraction of sp³-hybridized carbons (Fsp3) is 0.562. The third-order valence-electron chi connectivity index (χ3n) is 2.97. The molecule has 0 bridgehead atoms. The summed E-state index contributed by atoms with van der Waals surface area (Å²) in [5.74, 6) is 0.889. The van der Waals surface area contributed by atoms with Crippen LogP contribution in [0.1, 0.15) is 39.7 Å². The van der Waals surface area contributed by atoms with Crippen LogP contribution in [0.4, 0.5) is 0 Å². The summed E-state index contributed by atoms with van der Waals surface area (Å²) in [6, 6.07) is 10.6. The van der Waals surface area contributed by atoms with Crippen LogP contribution < -0.4 is 10.1 Å². The predicted octanol–water partition coefficient (Wildman–Crippen LogP) is 3.43. The molecule has 1 rings (SSSR count). The largest absolute Gasteiger partial charge is 0.490 e. The number of ether oxygens (including phenoxy) is 1. The molecule has 19 heavy (non-hydrogen) atoms. The molecule has 0 heterocycles. The summed E-state index contributed by atoms with van der Waals surface area (Å²) in [4.78, 5) is 0. The molecule has 2 unspecified atom stereocenters. The second-order valence-electron chi connectivity index (χ2n) is 5.64. The number of para-hydroxylation sites is 1. The summed E-state index contributed by atoms with van der Waals surface area (Å²) < 4.78 is 5.93. The van der Waals surface area contributed by atoms with Gasteiger partial charge in [0.1, 0.15) is 11.3 Å². The van der Waals surface area contributed by atoms with E-state index in [4.69, 9.17) is 4.74 Å². The van der Waals surface area contributed by atoms with Crippen LogP contribution >= 0.6 is 0 Å². The minimum Gasteiger partial charge on any atom is -0.490 e. The van der Waals surface area contributed by atoms with Crippen LogP contribution in [0, 0.1) is 18.3 Å². The Morgan fingerprint density at radius 3 is 2.47 bits per heavy atom. The third kappa shape index (κ3) is 4.92. The van der Waals surface area contributed by atoms with Crippen LogP contribution in [0.5, 0.6) is 5.75 Å². The second-order valence-corrected chi connectivity index (χ2v) is 5.64.